The maximum atomic E-state index is 13.6. The third-order valence-corrected chi connectivity index (χ3v) is 2.79. The number of hydrogen-bond donors (Lipinski definition) is 2. The van der Waals surface area contributed by atoms with Gasteiger partial charge in [-0.2, -0.15) is 0 Å². The van der Waals surface area contributed by atoms with Crippen LogP contribution in [-0.2, 0) is 6.54 Å². The van der Waals surface area contributed by atoms with Gasteiger partial charge in [0.25, 0.3) is 0 Å². The van der Waals surface area contributed by atoms with E-state index in [-0.39, 0.29) is 5.82 Å². The van der Waals surface area contributed by atoms with E-state index in [9.17, 15) is 4.39 Å². The van der Waals surface area contributed by atoms with Crippen molar-refractivity contribution >= 4 is 5.69 Å². The lowest BCUT2D eigenvalue weighted by Crippen LogP contribution is -2.04. The molecule has 4 heteroatoms. The summed E-state index contributed by atoms with van der Waals surface area (Å²) in [6.45, 7) is 6.30. The third kappa shape index (κ3) is 2.64. The topological polar surface area (TPSA) is 40.7 Å². The molecule has 2 N–H and O–H groups in total. The van der Waals surface area contributed by atoms with Crippen LogP contribution in [0.15, 0.2) is 18.3 Å². The van der Waals surface area contributed by atoms with Gasteiger partial charge in [0, 0.05) is 11.9 Å². The van der Waals surface area contributed by atoms with Crippen LogP contribution in [0.5, 0.6) is 0 Å². The van der Waals surface area contributed by atoms with Gasteiger partial charge in [-0.25, -0.2) is 9.37 Å². The molecule has 0 saturated carbocycles. The molecular weight excluding hydrogens is 217 g/mol. The molecule has 1 aromatic carbocycles. The molecule has 0 spiro atoms. The smallest absolute Gasteiger partial charge is 0.146 e. The molecule has 0 atom stereocenters. The lowest BCUT2D eigenvalue weighted by atomic mass is 10.1. The molecule has 0 radical (unpaired) electrons. The van der Waals surface area contributed by atoms with Crippen LogP contribution in [0.2, 0.25) is 0 Å². The first-order valence-corrected chi connectivity index (χ1v) is 5.57. The first kappa shape index (κ1) is 11.6. The fourth-order valence-corrected chi connectivity index (χ4v) is 1.65. The van der Waals surface area contributed by atoms with Gasteiger partial charge in [0.1, 0.15) is 11.6 Å². The summed E-state index contributed by atoms with van der Waals surface area (Å²) in [4.78, 5) is 7.26. The van der Waals surface area contributed by atoms with Crippen molar-refractivity contribution in [2.24, 2.45) is 0 Å². The molecule has 2 aromatic rings. The van der Waals surface area contributed by atoms with Gasteiger partial charge < -0.3 is 10.3 Å². The van der Waals surface area contributed by atoms with E-state index in [1.165, 1.54) is 0 Å². The van der Waals surface area contributed by atoms with Crippen LogP contribution in [-0.4, -0.2) is 9.97 Å². The first-order valence-electron chi connectivity index (χ1n) is 5.57. The molecule has 0 aliphatic rings. The Bertz CT molecular complexity index is 531. The van der Waals surface area contributed by atoms with Crippen molar-refractivity contribution in [3.8, 4) is 0 Å². The highest BCUT2D eigenvalue weighted by Gasteiger charge is 2.05. The normalized spacial score (nSPS) is 10.6. The number of nitrogens with zero attached hydrogens (tertiary/aromatic N) is 1. The van der Waals surface area contributed by atoms with E-state index >= 15 is 0 Å². The highest BCUT2D eigenvalue weighted by molar-refractivity contribution is 5.49. The minimum atomic E-state index is -0.226. The fraction of sp³-hybridized carbons (Fsp3) is 0.308. The number of benzene rings is 1. The van der Waals surface area contributed by atoms with Crippen molar-refractivity contribution in [3.05, 3.63) is 46.8 Å². The molecule has 0 amide bonds. The maximum absolute atomic E-state index is 13.6. The largest absolute Gasteiger partial charge is 0.375 e. The summed E-state index contributed by atoms with van der Waals surface area (Å²) in [5.74, 6) is 0.580. The predicted octanol–water partition coefficient (Wildman–Crippen LogP) is 3.09. The summed E-state index contributed by atoms with van der Waals surface area (Å²) in [5.41, 5.74) is 3.55. The average Bonchev–Trinajstić information content (AvgIpc) is 2.68. The van der Waals surface area contributed by atoms with Crippen molar-refractivity contribution < 1.29 is 4.39 Å². The molecule has 1 aromatic heterocycles. The Balaban J connectivity index is 2.11. The Morgan fingerprint density at radius 3 is 2.59 bits per heavy atom. The predicted molar refractivity (Wildman–Crippen MR) is 66.5 cm³/mol. The molecule has 3 nitrogen and oxygen atoms in total. The van der Waals surface area contributed by atoms with Crippen LogP contribution < -0.4 is 5.32 Å². The molecule has 0 aliphatic heterocycles. The van der Waals surface area contributed by atoms with Crippen molar-refractivity contribution in [3.63, 3.8) is 0 Å². The summed E-state index contributed by atoms with van der Waals surface area (Å²) < 4.78 is 13.6. The zero-order valence-corrected chi connectivity index (χ0v) is 10.3. The second kappa shape index (κ2) is 4.57. The molecule has 1 heterocycles. The van der Waals surface area contributed by atoms with Gasteiger partial charge in [-0.1, -0.05) is 0 Å². The van der Waals surface area contributed by atoms with Gasteiger partial charge in [-0.15, -0.1) is 0 Å². The van der Waals surface area contributed by atoms with Crippen molar-refractivity contribution in [2.75, 3.05) is 5.32 Å². The number of halogens is 1. The highest BCUT2D eigenvalue weighted by atomic mass is 19.1. The van der Waals surface area contributed by atoms with Gasteiger partial charge in [-0.05, 0) is 44.0 Å². The minimum Gasteiger partial charge on any atom is -0.375 e. The van der Waals surface area contributed by atoms with E-state index in [4.69, 9.17) is 0 Å². The quantitative estimate of drug-likeness (QED) is 0.855. The molecule has 0 unspecified atom stereocenters. The molecule has 0 fully saturated rings. The van der Waals surface area contributed by atoms with Gasteiger partial charge in [-0.3, -0.25) is 0 Å². The number of H-pyrrole nitrogens is 1. The van der Waals surface area contributed by atoms with Gasteiger partial charge in [0.05, 0.1) is 12.2 Å². The Morgan fingerprint density at radius 2 is 1.94 bits per heavy atom. The number of rotatable bonds is 3. The first-order chi connectivity index (χ1) is 8.06. The van der Waals surface area contributed by atoms with Crippen LogP contribution in [0, 0.1) is 26.6 Å². The van der Waals surface area contributed by atoms with E-state index in [1.54, 1.807) is 12.3 Å². The third-order valence-electron chi connectivity index (χ3n) is 2.79. The highest BCUT2D eigenvalue weighted by Crippen LogP contribution is 2.19. The zero-order chi connectivity index (χ0) is 12.4. The van der Waals surface area contributed by atoms with Crippen LogP contribution in [0.1, 0.15) is 22.6 Å². The van der Waals surface area contributed by atoms with E-state index < -0.39 is 0 Å². The number of nitrogens with one attached hydrogen (secondary N) is 2. The van der Waals surface area contributed by atoms with Crippen LogP contribution in [0.25, 0.3) is 0 Å². The number of aryl methyl sites for hydroxylation is 3. The Labute approximate surface area is 100 Å². The van der Waals surface area contributed by atoms with Gasteiger partial charge >= 0.3 is 0 Å². The SMILES string of the molecule is Cc1cnc(CNc2cc(C)c(C)cc2F)[nH]1. The number of imidazole rings is 1. The Hall–Kier alpha value is -1.84. The molecule has 0 aliphatic carbocycles. The summed E-state index contributed by atoms with van der Waals surface area (Å²) >= 11 is 0. The van der Waals surface area contributed by atoms with Crippen LogP contribution in [0.4, 0.5) is 10.1 Å². The zero-order valence-electron chi connectivity index (χ0n) is 10.3. The van der Waals surface area contributed by atoms with Crippen molar-refractivity contribution in [1.82, 2.24) is 9.97 Å². The summed E-state index contributed by atoms with van der Waals surface area (Å²) in [6.07, 6.45) is 1.76. The van der Waals surface area contributed by atoms with Gasteiger partial charge in [0.2, 0.25) is 0 Å². The molecule has 0 saturated heterocycles. The summed E-state index contributed by atoms with van der Waals surface area (Å²) in [5, 5.41) is 3.04. The van der Waals surface area contributed by atoms with Crippen LogP contribution in [0.3, 0.4) is 0 Å². The van der Waals surface area contributed by atoms with E-state index in [0.717, 1.165) is 22.6 Å². The van der Waals surface area contributed by atoms with E-state index in [1.807, 2.05) is 26.8 Å². The lowest BCUT2D eigenvalue weighted by Gasteiger charge is -2.09. The van der Waals surface area contributed by atoms with Crippen molar-refractivity contribution in [2.45, 2.75) is 27.3 Å². The van der Waals surface area contributed by atoms with E-state index in [0.29, 0.717) is 12.2 Å². The molecule has 0 bridgehead atoms. The number of aromatic nitrogens is 2. The lowest BCUT2D eigenvalue weighted by molar-refractivity contribution is 0.628. The second-order valence-corrected chi connectivity index (χ2v) is 4.28. The maximum Gasteiger partial charge on any atom is 0.146 e. The minimum absolute atomic E-state index is 0.226. The number of anilines is 1. The second-order valence-electron chi connectivity index (χ2n) is 4.28. The molecule has 2 rings (SSSR count). The number of hydrogen-bond acceptors (Lipinski definition) is 2. The molecule has 90 valence electrons. The Morgan fingerprint density at radius 1 is 1.24 bits per heavy atom. The number of aromatic amines is 1. The van der Waals surface area contributed by atoms with Gasteiger partial charge in [0.15, 0.2) is 0 Å². The van der Waals surface area contributed by atoms with Crippen LogP contribution >= 0.6 is 0 Å². The molecule has 17 heavy (non-hydrogen) atoms. The fourth-order valence-electron chi connectivity index (χ4n) is 1.65. The summed E-state index contributed by atoms with van der Waals surface area (Å²) in [6, 6.07) is 3.37. The molecular formula is C13H16FN3. The summed E-state index contributed by atoms with van der Waals surface area (Å²) in [7, 11) is 0. The Kier molecular flexibility index (Phi) is 3.13. The van der Waals surface area contributed by atoms with E-state index in [2.05, 4.69) is 15.3 Å². The average molecular weight is 233 g/mol. The standard InChI is InChI=1S/C13H16FN3/c1-8-4-11(14)12(5-9(8)2)15-7-13-16-6-10(3)17-13/h4-6,15H,7H2,1-3H3,(H,16,17). The monoisotopic (exact) mass is 233 g/mol. The van der Waals surface area contributed by atoms with Crippen molar-refractivity contribution in [1.29, 1.82) is 0 Å².